The number of hydrogen-bond donors (Lipinski definition) is 1. The normalized spacial score (nSPS) is 13.8. The Morgan fingerprint density at radius 3 is 2.08 bits per heavy atom. The summed E-state index contributed by atoms with van der Waals surface area (Å²) in [5.41, 5.74) is 5.48. The van der Waals surface area contributed by atoms with E-state index in [0.717, 1.165) is 0 Å². The molecule has 0 aromatic rings. The van der Waals surface area contributed by atoms with Crippen molar-refractivity contribution in [1.29, 1.82) is 0 Å². The molecule has 74 valence electrons. The number of hydrogen-bond acceptors (Lipinski definition) is 3. The largest absolute Gasteiger partial charge is 0.469 e. The third-order valence-electron chi connectivity index (χ3n) is 1.33. The Morgan fingerprint density at radius 2 is 1.83 bits per heavy atom. The van der Waals surface area contributed by atoms with E-state index in [9.17, 15) is 4.79 Å². The SMILES string of the molecule is CC.COC(=O)C(C)CC(C)N. The topological polar surface area (TPSA) is 52.3 Å². The molecule has 0 spiro atoms. The number of carbonyl (C=O) groups is 1. The highest BCUT2D eigenvalue weighted by Gasteiger charge is 2.13. The second-order valence-electron chi connectivity index (χ2n) is 2.64. The number of carbonyl (C=O) groups excluding carboxylic acids is 1. The van der Waals surface area contributed by atoms with E-state index in [1.807, 2.05) is 27.7 Å². The van der Waals surface area contributed by atoms with Gasteiger partial charge in [-0.15, -0.1) is 0 Å². The fraction of sp³-hybridized carbons (Fsp3) is 0.889. The van der Waals surface area contributed by atoms with Crippen LogP contribution in [-0.2, 0) is 9.53 Å². The molecule has 0 saturated carbocycles. The maximum Gasteiger partial charge on any atom is 0.308 e. The second-order valence-corrected chi connectivity index (χ2v) is 2.64. The van der Waals surface area contributed by atoms with Gasteiger partial charge in [-0.3, -0.25) is 4.79 Å². The number of methoxy groups -OCH3 is 1. The zero-order chi connectivity index (χ0) is 10.1. The molecule has 0 saturated heterocycles. The Kier molecular flexibility index (Phi) is 9.93. The van der Waals surface area contributed by atoms with Crippen LogP contribution in [0.5, 0.6) is 0 Å². The number of nitrogens with two attached hydrogens (primary N) is 1. The van der Waals surface area contributed by atoms with Crippen molar-refractivity contribution >= 4 is 5.97 Å². The summed E-state index contributed by atoms with van der Waals surface area (Å²) in [4.78, 5) is 10.8. The van der Waals surface area contributed by atoms with E-state index in [1.165, 1.54) is 7.11 Å². The van der Waals surface area contributed by atoms with Crippen molar-refractivity contribution in [3.8, 4) is 0 Å². The first-order valence-electron chi connectivity index (χ1n) is 4.41. The standard InChI is InChI=1S/C7H15NO2.C2H6/c1-5(4-6(2)8)7(9)10-3;1-2/h5-6H,4,8H2,1-3H3;1-2H3. The Morgan fingerprint density at radius 1 is 1.42 bits per heavy atom. The first-order valence-corrected chi connectivity index (χ1v) is 4.41. The summed E-state index contributed by atoms with van der Waals surface area (Å²) in [6, 6.07) is 0.0640. The summed E-state index contributed by atoms with van der Waals surface area (Å²) < 4.78 is 4.52. The van der Waals surface area contributed by atoms with Crippen molar-refractivity contribution in [1.82, 2.24) is 0 Å². The van der Waals surface area contributed by atoms with Crippen molar-refractivity contribution in [3.05, 3.63) is 0 Å². The smallest absolute Gasteiger partial charge is 0.308 e. The van der Waals surface area contributed by atoms with Gasteiger partial charge in [-0.25, -0.2) is 0 Å². The van der Waals surface area contributed by atoms with E-state index in [2.05, 4.69) is 4.74 Å². The minimum atomic E-state index is -0.183. The van der Waals surface area contributed by atoms with Crippen LogP contribution >= 0.6 is 0 Å². The van der Waals surface area contributed by atoms with Crippen LogP contribution in [0.4, 0.5) is 0 Å². The Labute approximate surface area is 75.3 Å². The molecule has 0 radical (unpaired) electrons. The molecule has 0 aromatic carbocycles. The summed E-state index contributed by atoms with van der Waals surface area (Å²) in [6.07, 6.45) is 0.687. The van der Waals surface area contributed by atoms with Gasteiger partial charge < -0.3 is 10.5 Å². The van der Waals surface area contributed by atoms with Crippen molar-refractivity contribution in [3.63, 3.8) is 0 Å². The average molecular weight is 175 g/mol. The first-order chi connectivity index (χ1) is 5.57. The predicted molar refractivity (Wildman–Crippen MR) is 50.8 cm³/mol. The lowest BCUT2D eigenvalue weighted by molar-refractivity contribution is -0.145. The third kappa shape index (κ3) is 7.54. The number of rotatable bonds is 3. The molecule has 2 atom stereocenters. The van der Waals surface area contributed by atoms with Crippen LogP contribution in [0, 0.1) is 5.92 Å². The summed E-state index contributed by atoms with van der Waals surface area (Å²) >= 11 is 0. The highest BCUT2D eigenvalue weighted by atomic mass is 16.5. The predicted octanol–water partition coefficient (Wildman–Crippen LogP) is 1.56. The van der Waals surface area contributed by atoms with Crippen LogP contribution in [0.1, 0.15) is 34.1 Å². The van der Waals surface area contributed by atoms with Gasteiger partial charge in [-0.1, -0.05) is 20.8 Å². The lowest BCUT2D eigenvalue weighted by Gasteiger charge is -2.10. The fourth-order valence-corrected chi connectivity index (χ4v) is 0.855. The van der Waals surface area contributed by atoms with Crippen molar-refractivity contribution in [2.24, 2.45) is 11.7 Å². The van der Waals surface area contributed by atoms with Gasteiger partial charge in [0, 0.05) is 6.04 Å². The monoisotopic (exact) mass is 175 g/mol. The van der Waals surface area contributed by atoms with E-state index in [4.69, 9.17) is 5.73 Å². The van der Waals surface area contributed by atoms with E-state index in [0.29, 0.717) is 6.42 Å². The lowest BCUT2D eigenvalue weighted by Crippen LogP contribution is -2.23. The van der Waals surface area contributed by atoms with Crippen LogP contribution in [0.3, 0.4) is 0 Å². The van der Waals surface area contributed by atoms with Gasteiger partial charge in [-0.05, 0) is 13.3 Å². The van der Waals surface area contributed by atoms with E-state index < -0.39 is 0 Å². The van der Waals surface area contributed by atoms with Gasteiger partial charge >= 0.3 is 5.97 Å². The number of ether oxygens (including phenoxy) is 1. The molecule has 0 aromatic heterocycles. The van der Waals surface area contributed by atoms with Crippen molar-refractivity contribution < 1.29 is 9.53 Å². The maximum absolute atomic E-state index is 10.8. The molecule has 0 aliphatic heterocycles. The van der Waals surface area contributed by atoms with E-state index in [1.54, 1.807) is 0 Å². The molecule has 0 fully saturated rings. The van der Waals surface area contributed by atoms with Crippen molar-refractivity contribution in [2.45, 2.75) is 40.2 Å². The second kappa shape index (κ2) is 8.53. The molecule has 3 nitrogen and oxygen atoms in total. The van der Waals surface area contributed by atoms with Crippen LogP contribution in [-0.4, -0.2) is 19.1 Å². The van der Waals surface area contributed by atoms with Gasteiger partial charge in [0.25, 0.3) is 0 Å². The summed E-state index contributed by atoms with van der Waals surface area (Å²) in [5.74, 6) is -0.262. The molecule has 2 N–H and O–H groups in total. The Bertz CT molecular complexity index is 113. The molecule has 0 aliphatic rings. The minimum Gasteiger partial charge on any atom is -0.469 e. The molecular weight excluding hydrogens is 154 g/mol. The first kappa shape index (κ1) is 14.0. The quantitative estimate of drug-likeness (QED) is 0.662. The van der Waals surface area contributed by atoms with Gasteiger partial charge in [-0.2, -0.15) is 0 Å². The average Bonchev–Trinajstić information content (AvgIpc) is 2.05. The third-order valence-corrected chi connectivity index (χ3v) is 1.33. The van der Waals surface area contributed by atoms with Gasteiger partial charge in [0.05, 0.1) is 13.0 Å². The molecule has 3 heteroatoms. The molecule has 0 bridgehead atoms. The van der Waals surface area contributed by atoms with Crippen LogP contribution in [0.15, 0.2) is 0 Å². The van der Waals surface area contributed by atoms with Crippen LogP contribution in [0.25, 0.3) is 0 Å². The van der Waals surface area contributed by atoms with Gasteiger partial charge in [0.2, 0.25) is 0 Å². The Hall–Kier alpha value is -0.570. The summed E-state index contributed by atoms with van der Waals surface area (Å²) in [6.45, 7) is 7.69. The Balaban J connectivity index is 0. The summed E-state index contributed by atoms with van der Waals surface area (Å²) in [5, 5.41) is 0. The van der Waals surface area contributed by atoms with Crippen molar-refractivity contribution in [2.75, 3.05) is 7.11 Å². The molecule has 0 amide bonds. The molecule has 12 heavy (non-hydrogen) atoms. The van der Waals surface area contributed by atoms with E-state index in [-0.39, 0.29) is 17.9 Å². The molecular formula is C9H21NO2. The minimum absolute atomic E-state index is 0.0640. The lowest BCUT2D eigenvalue weighted by atomic mass is 10.0. The highest BCUT2D eigenvalue weighted by Crippen LogP contribution is 2.05. The zero-order valence-corrected chi connectivity index (χ0v) is 8.76. The molecule has 0 aliphatic carbocycles. The van der Waals surface area contributed by atoms with Gasteiger partial charge in [0.15, 0.2) is 0 Å². The highest BCUT2D eigenvalue weighted by molar-refractivity contribution is 5.71. The zero-order valence-electron chi connectivity index (χ0n) is 8.76. The fourth-order valence-electron chi connectivity index (χ4n) is 0.855. The molecule has 0 rings (SSSR count). The maximum atomic E-state index is 10.8. The van der Waals surface area contributed by atoms with Crippen LogP contribution in [0.2, 0.25) is 0 Å². The van der Waals surface area contributed by atoms with Gasteiger partial charge in [0.1, 0.15) is 0 Å². The molecule has 2 unspecified atom stereocenters. The molecule has 0 heterocycles. The number of esters is 1. The van der Waals surface area contributed by atoms with Crippen LogP contribution < -0.4 is 5.73 Å². The summed E-state index contributed by atoms with van der Waals surface area (Å²) in [7, 11) is 1.39. The van der Waals surface area contributed by atoms with E-state index >= 15 is 0 Å².